The summed E-state index contributed by atoms with van der Waals surface area (Å²) in [6.45, 7) is 4.64. The van der Waals surface area contributed by atoms with E-state index in [4.69, 9.17) is 17.3 Å². The van der Waals surface area contributed by atoms with Gasteiger partial charge in [0.15, 0.2) is 0 Å². The first-order valence-corrected chi connectivity index (χ1v) is 6.39. The van der Waals surface area contributed by atoms with E-state index >= 15 is 0 Å². The molecule has 0 amide bonds. The highest BCUT2D eigenvalue weighted by molar-refractivity contribution is 6.30. The van der Waals surface area contributed by atoms with Crippen molar-refractivity contribution in [3.8, 4) is 0 Å². The Bertz CT molecular complexity index is 340. The van der Waals surface area contributed by atoms with Gasteiger partial charge in [-0.3, -0.25) is 0 Å². The van der Waals surface area contributed by atoms with Gasteiger partial charge in [0.2, 0.25) is 0 Å². The van der Waals surface area contributed by atoms with Crippen LogP contribution < -0.4 is 11.1 Å². The zero-order valence-corrected chi connectivity index (χ0v) is 10.9. The Morgan fingerprint density at radius 1 is 1.47 bits per heavy atom. The molecule has 1 unspecified atom stereocenters. The number of nitrogens with one attached hydrogen (secondary N) is 1. The largest absolute Gasteiger partial charge is 0.330 e. The summed E-state index contributed by atoms with van der Waals surface area (Å²) in [7, 11) is 0. The predicted octanol–water partition coefficient (Wildman–Crippen LogP) is 2.60. The number of hydrogen-bond acceptors (Lipinski definition) is 2. The van der Waals surface area contributed by atoms with E-state index in [0.29, 0.717) is 12.5 Å². The molecule has 4 heteroatoms. The van der Waals surface area contributed by atoms with Gasteiger partial charge >= 0.3 is 0 Å². The Morgan fingerprint density at radius 3 is 2.82 bits per heavy atom. The summed E-state index contributed by atoms with van der Waals surface area (Å²) in [5, 5.41) is 3.54. The number of benzene rings is 1. The van der Waals surface area contributed by atoms with Crippen LogP contribution in [0.25, 0.3) is 0 Å². The van der Waals surface area contributed by atoms with E-state index < -0.39 is 0 Å². The molecule has 0 aliphatic heterocycles. The molecule has 1 aromatic carbocycles. The Kier molecular flexibility index (Phi) is 6.48. The maximum absolute atomic E-state index is 12.9. The molecule has 0 radical (unpaired) electrons. The van der Waals surface area contributed by atoms with Gasteiger partial charge < -0.3 is 11.1 Å². The van der Waals surface area contributed by atoms with E-state index in [1.54, 1.807) is 12.1 Å². The van der Waals surface area contributed by atoms with Crippen molar-refractivity contribution in [2.45, 2.75) is 19.8 Å². The molecule has 1 rings (SSSR count). The molecule has 0 spiro atoms. The second-order valence-electron chi connectivity index (χ2n) is 4.21. The normalized spacial score (nSPS) is 12.7. The van der Waals surface area contributed by atoms with Crippen LogP contribution >= 0.6 is 11.6 Å². The molecule has 0 saturated heterocycles. The minimum atomic E-state index is -0.363. The highest BCUT2D eigenvalue weighted by atomic mass is 35.5. The molecule has 0 aliphatic rings. The molecular formula is C13H20ClFN2. The summed E-state index contributed by atoms with van der Waals surface area (Å²) in [6, 6.07) is 4.86. The van der Waals surface area contributed by atoms with Crippen LogP contribution in [0, 0.1) is 11.7 Å². The molecule has 0 fully saturated rings. The molecule has 0 aliphatic carbocycles. The standard InChI is InChI=1S/C13H20ClFN2/c1-2-10(8-16)9-17-6-5-11-3-4-13(15)12(14)7-11/h3-4,7,10,17H,2,5-6,8-9,16H2,1H3. The number of halogens is 2. The monoisotopic (exact) mass is 258 g/mol. The van der Waals surface area contributed by atoms with Gasteiger partial charge in [-0.05, 0) is 49.7 Å². The smallest absolute Gasteiger partial charge is 0.141 e. The lowest BCUT2D eigenvalue weighted by molar-refractivity contribution is 0.473. The molecule has 3 N–H and O–H groups in total. The van der Waals surface area contributed by atoms with E-state index in [-0.39, 0.29) is 10.8 Å². The molecule has 1 atom stereocenters. The van der Waals surface area contributed by atoms with E-state index in [9.17, 15) is 4.39 Å². The van der Waals surface area contributed by atoms with Gasteiger partial charge in [0.05, 0.1) is 5.02 Å². The second-order valence-corrected chi connectivity index (χ2v) is 4.62. The quantitative estimate of drug-likeness (QED) is 0.738. The van der Waals surface area contributed by atoms with Crippen LogP contribution in [0.3, 0.4) is 0 Å². The fraction of sp³-hybridized carbons (Fsp3) is 0.538. The molecule has 0 aromatic heterocycles. The molecule has 0 saturated carbocycles. The van der Waals surface area contributed by atoms with Crippen LogP contribution in [-0.2, 0) is 6.42 Å². The van der Waals surface area contributed by atoms with Gasteiger partial charge in [-0.1, -0.05) is 31.0 Å². The predicted molar refractivity (Wildman–Crippen MR) is 70.8 cm³/mol. The average molecular weight is 259 g/mol. The van der Waals surface area contributed by atoms with Gasteiger partial charge in [-0.25, -0.2) is 4.39 Å². The topological polar surface area (TPSA) is 38.0 Å². The van der Waals surface area contributed by atoms with Gasteiger partial charge in [0, 0.05) is 0 Å². The lowest BCUT2D eigenvalue weighted by Crippen LogP contribution is -2.29. The van der Waals surface area contributed by atoms with Gasteiger partial charge in [-0.15, -0.1) is 0 Å². The summed E-state index contributed by atoms with van der Waals surface area (Å²) < 4.78 is 12.9. The van der Waals surface area contributed by atoms with Gasteiger partial charge in [-0.2, -0.15) is 0 Å². The third-order valence-electron chi connectivity index (χ3n) is 2.92. The summed E-state index contributed by atoms with van der Waals surface area (Å²) in [4.78, 5) is 0. The van der Waals surface area contributed by atoms with E-state index in [0.717, 1.165) is 31.5 Å². The maximum atomic E-state index is 12.9. The molecule has 0 bridgehead atoms. The number of hydrogen-bond donors (Lipinski definition) is 2. The molecule has 96 valence electrons. The summed E-state index contributed by atoms with van der Waals surface area (Å²) in [5.74, 6) is 0.171. The van der Waals surface area contributed by atoms with E-state index in [2.05, 4.69) is 12.2 Å². The van der Waals surface area contributed by atoms with Crippen molar-refractivity contribution in [2.24, 2.45) is 11.7 Å². The average Bonchev–Trinajstić information content (AvgIpc) is 2.34. The molecule has 1 aromatic rings. The molecule has 2 nitrogen and oxygen atoms in total. The molecular weight excluding hydrogens is 239 g/mol. The highest BCUT2D eigenvalue weighted by Gasteiger charge is 2.03. The van der Waals surface area contributed by atoms with Crippen LogP contribution in [-0.4, -0.2) is 19.6 Å². The van der Waals surface area contributed by atoms with Crippen molar-refractivity contribution in [2.75, 3.05) is 19.6 Å². The van der Waals surface area contributed by atoms with Crippen LogP contribution in [0.2, 0.25) is 5.02 Å². The Balaban J connectivity index is 2.28. The zero-order valence-electron chi connectivity index (χ0n) is 10.2. The first-order valence-electron chi connectivity index (χ1n) is 6.02. The zero-order chi connectivity index (χ0) is 12.7. The molecule has 17 heavy (non-hydrogen) atoms. The van der Waals surface area contributed by atoms with Crippen molar-refractivity contribution < 1.29 is 4.39 Å². The second kappa shape index (κ2) is 7.64. The first-order chi connectivity index (χ1) is 8.17. The summed E-state index contributed by atoms with van der Waals surface area (Å²) >= 11 is 5.71. The van der Waals surface area contributed by atoms with Crippen LogP contribution in [0.5, 0.6) is 0 Å². The van der Waals surface area contributed by atoms with Crippen molar-refractivity contribution in [1.82, 2.24) is 5.32 Å². The lowest BCUT2D eigenvalue weighted by atomic mass is 10.1. The highest BCUT2D eigenvalue weighted by Crippen LogP contribution is 2.16. The van der Waals surface area contributed by atoms with Gasteiger partial charge in [0.1, 0.15) is 5.82 Å². The Morgan fingerprint density at radius 2 is 2.24 bits per heavy atom. The summed E-state index contributed by atoms with van der Waals surface area (Å²) in [5.41, 5.74) is 6.66. The van der Waals surface area contributed by atoms with E-state index in [1.165, 1.54) is 6.07 Å². The van der Waals surface area contributed by atoms with Crippen molar-refractivity contribution in [3.05, 3.63) is 34.6 Å². The van der Waals surface area contributed by atoms with Crippen molar-refractivity contribution >= 4 is 11.6 Å². The minimum Gasteiger partial charge on any atom is -0.330 e. The fourth-order valence-corrected chi connectivity index (χ4v) is 1.83. The van der Waals surface area contributed by atoms with Crippen LogP contribution in [0.1, 0.15) is 18.9 Å². The van der Waals surface area contributed by atoms with E-state index in [1.807, 2.05) is 0 Å². The van der Waals surface area contributed by atoms with Crippen LogP contribution in [0.15, 0.2) is 18.2 Å². The SMILES string of the molecule is CCC(CN)CNCCc1ccc(F)c(Cl)c1. The Hall–Kier alpha value is -0.640. The van der Waals surface area contributed by atoms with Crippen LogP contribution in [0.4, 0.5) is 4.39 Å². The maximum Gasteiger partial charge on any atom is 0.141 e. The lowest BCUT2D eigenvalue weighted by Gasteiger charge is -2.13. The summed E-state index contributed by atoms with van der Waals surface area (Å²) in [6.07, 6.45) is 1.94. The minimum absolute atomic E-state index is 0.191. The first kappa shape index (κ1) is 14.4. The third kappa shape index (κ3) is 5.02. The number of rotatable bonds is 7. The van der Waals surface area contributed by atoms with Crippen molar-refractivity contribution in [1.29, 1.82) is 0 Å². The van der Waals surface area contributed by atoms with Gasteiger partial charge in [0.25, 0.3) is 0 Å². The number of nitrogens with two attached hydrogens (primary N) is 1. The fourth-order valence-electron chi connectivity index (χ4n) is 1.63. The molecule has 0 heterocycles. The van der Waals surface area contributed by atoms with Crippen molar-refractivity contribution in [3.63, 3.8) is 0 Å². The Labute approximate surface area is 107 Å². The third-order valence-corrected chi connectivity index (χ3v) is 3.21.